The number of H-pyrrole nitrogens is 2. The minimum absolute atomic E-state index is 0.533. The summed E-state index contributed by atoms with van der Waals surface area (Å²) < 4.78 is 0.732. The number of allylic oxidation sites excluding steroid dienone is 5. The molecule has 1 saturated carbocycles. The molecule has 0 bridgehead atoms. The van der Waals surface area contributed by atoms with Crippen LogP contribution in [0.25, 0.3) is 49.7 Å². The van der Waals surface area contributed by atoms with Gasteiger partial charge in [-0.1, -0.05) is 37.3 Å². The maximum atomic E-state index is 6.19. The molecule has 0 atom stereocenters. The van der Waals surface area contributed by atoms with Gasteiger partial charge in [0.25, 0.3) is 0 Å². The Morgan fingerprint density at radius 2 is 2.05 bits per heavy atom. The number of fused-ring (bicyclic) bond motifs is 2. The molecule has 6 rings (SSSR count). The number of aromatic nitrogens is 6. The zero-order valence-electron chi connectivity index (χ0n) is 20.9. The highest BCUT2D eigenvalue weighted by Crippen LogP contribution is 2.36. The number of hydrogen-bond donors (Lipinski definition) is 3. The van der Waals surface area contributed by atoms with Crippen LogP contribution in [0.1, 0.15) is 31.9 Å². The lowest BCUT2D eigenvalue weighted by atomic mass is 9.83. The molecule has 0 radical (unpaired) electrons. The summed E-state index contributed by atoms with van der Waals surface area (Å²) in [6.45, 7) is 10.2. The van der Waals surface area contributed by atoms with Gasteiger partial charge in [-0.25, -0.2) is 15.0 Å². The molecular formula is C29H26ClN7S. The zero-order chi connectivity index (χ0) is 26.2. The predicted molar refractivity (Wildman–Crippen MR) is 157 cm³/mol. The quantitative estimate of drug-likeness (QED) is 0.176. The van der Waals surface area contributed by atoms with Gasteiger partial charge in [-0.3, -0.25) is 5.10 Å². The molecule has 5 heterocycles. The van der Waals surface area contributed by atoms with E-state index in [0.29, 0.717) is 23.1 Å². The maximum absolute atomic E-state index is 6.19. The summed E-state index contributed by atoms with van der Waals surface area (Å²) >= 11 is 7.70. The van der Waals surface area contributed by atoms with Crippen molar-refractivity contribution in [1.82, 2.24) is 35.5 Å². The number of pyridine rings is 2. The Morgan fingerprint density at radius 1 is 1.18 bits per heavy atom. The van der Waals surface area contributed by atoms with Crippen molar-refractivity contribution in [3.05, 3.63) is 89.3 Å². The second kappa shape index (κ2) is 10.0. The largest absolute Gasteiger partial charge is 0.359 e. The molecule has 9 heteroatoms. The van der Waals surface area contributed by atoms with Gasteiger partial charge in [0, 0.05) is 28.0 Å². The van der Waals surface area contributed by atoms with E-state index in [1.54, 1.807) is 6.20 Å². The van der Waals surface area contributed by atoms with Crippen molar-refractivity contribution in [1.29, 1.82) is 0 Å². The molecule has 0 aromatic carbocycles. The van der Waals surface area contributed by atoms with E-state index in [1.807, 2.05) is 55.5 Å². The van der Waals surface area contributed by atoms with Gasteiger partial charge in [-0.05, 0) is 73.7 Å². The molecule has 1 fully saturated rings. The molecule has 5 aromatic heterocycles. The third-order valence-electron chi connectivity index (χ3n) is 6.90. The standard InChI is InChI=1S/C29H26ClN7S/c1-4-17(15-19(5-2)32-16(3)18-7-6-8-18)21-9-10-22-26(33-21)27(37-36-22)29-34-25-20(13-14-31-28(25)35-29)23-11-12-24(30)38-23/h4-5,9-15,18,32H,2-3,6-8H2,1H3,(H,36,37)(H,31,34,35)/b17-4+,19-15+. The average molecular weight is 540 g/mol. The SMILES string of the molecule is C=C/C(=C\C(=C/C)c1ccc2[nH]nc(-c3nc4nccc(-c5ccc(Cl)s5)c4[nH]3)c2n1)NC(=C)C1CCC1. The number of aromatic amines is 2. The molecule has 0 amide bonds. The molecule has 7 nitrogen and oxygen atoms in total. The molecule has 5 aromatic rings. The van der Waals surface area contributed by atoms with Crippen LogP contribution >= 0.6 is 22.9 Å². The summed E-state index contributed by atoms with van der Waals surface area (Å²) in [6, 6.07) is 9.82. The van der Waals surface area contributed by atoms with Crippen LogP contribution in [0, 0.1) is 5.92 Å². The van der Waals surface area contributed by atoms with Crippen molar-refractivity contribution in [3.8, 4) is 22.0 Å². The Bertz CT molecular complexity index is 1750. The topological polar surface area (TPSA) is 95.2 Å². The van der Waals surface area contributed by atoms with Crippen LogP contribution in [-0.4, -0.2) is 30.1 Å². The number of hydrogen-bond acceptors (Lipinski definition) is 6. The fourth-order valence-electron chi connectivity index (χ4n) is 4.58. The number of rotatable bonds is 8. The van der Waals surface area contributed by atoms with Crippen LogP contribution in [0.5, 0.6) is 0 Å². The minimum Gasteiger partial charge on any atom is -0.359 e. The predicted octanol–water partition coefficient (Wildman–Crippen LogP) is 7.65. The summed E-state index contributed by atoms with van der Waals surface area (Å²) in [7, 11) is 0. The lowest BCUT2D eigenvalue weighted by Gasteiger charge is -2.28. The van der Waals surface area contributed by atoms with Gasteiger partial charge in [0.15, 0.2) is 17.2 Å². The van der Waals surface area contributed by atoms with Crippen molar-refractivity contribution < 1.29 is 0 Å². The first-order valence-corrected chi connectivity index (χ1v) is 13.7. The number of nitrogens with zero attached hydrogens (tertiary/aromatic N) is 4. The summed E-state index contributed by atoms with van der Waals surface area (Å²) in [5.74, 6) is 1.13. The van der Waals surface area contributed by atoms with Gasteiger partial charge in [-0.2, -0.15) is 5.10 Å². The van der Waals surface area contributed by atoms with Crippen molar-refractivity contribution >= 4 is 50.7 Å². The van der Waals surface area contributed by atoms with E-state index in [2.05, 4.69) is 38.6 Å². The molecule has 1 aliphatic carbocycles. The van der Waals surface area contributed by atoms with Gasteiger partial charge < -0.3 is 10.3 Å². The number of thiophene rings is 1. The molecule has 38 heavy (non-hydrogen) atoms. The maximum Gasteiger partial charge on any atom is 0.178 e. The van der Waals surface area contributed by atoms with Gasteiger partial charge in [-0.15, -0.1) is 11.3 Å². The Hall–Kier alpha value is -4.01. The highest BCUT2D eigenvalue weighted by molar-refractivity contribution is 7.19. The molecule has 0 aliphatic heterocycles. The molecule has 1 aliphatic rings. The van der Waals surface area contributed by atoms with E-state index in [1.165, 1.54) is 30.6 Å². The Balaban J connectivity index is 1.37. The average Bonchev–Trinajstić information content (AvgIpc) is 3.62. The van der Waals surface area contributed by atoms with Gasteiger partial charge >= 0.3 is 0 Å². The second-order valence-electron chi connectivity index (χ2n) is 9.24. The first-order chi connectivity index (χ1) is 18.5. The molecule has 0 spiro atoms. The third-order valence-corrected chi connectivity index (χ3v) is 8.17. The van der Waals surface area contributed by atoms with Gasteiger partial charge in [0.05, 0.1) is 21.1 Å². The molecule has 3 N–H and O–H groups in total. The molecule has 0 saturated heterocycles. The lowest BCUT2D eigenvalue weighted by molar-refractivity contribution is 0.356. The summed E-state index contributed by atoms with van der Waals surface area (Å²) in [4.78, 5) is 18.6. The Labute approximate surface area is 229 Å². The van der Waals surface area contributed by atoms with Crippen LogP contribution in [-0.2, 0) is 0 Å². The number of imidazole rings is 1. The Kier molecular flexibility index (Phi) is 6.43. The van der Waals surface area contributed by atoms with E-state index < -0.39 is 0 Å². The van der Waals surface area contributed by atoms with Crippen molar-refractivity contribution in [3.63, 3.8) is 0 Å². The lowest BCUT2D eigenvalue weighted by Crippen LogP contribution is -2.23. The third kappa shape index (κ3) is 4.46. The summed E-state index contributed by atoms with van der Waals surface area (Å²) in [5.41, 5.74) is 8.34. The highest BCUT2D eigenvalue weighted by atomic mass is 35.5. The van der Waals surface area contributed by atoms with E-state index in [0.717, 1.165) is 54.0 Å². The highest BCUT2D eigenvalue weighted by Gasteiger charge is 2.21. The fourth-order valence-corrected chi connectivity index (χ4v) is 5.65. The van der Waals surface area contributed by atoms with E-state index in [4.69, 9.17) is 21.6 Å². The summed E-state index contributed by atoms with van der Waals surface area (Å²) in [6.07, 6.45) is 11.3. The van der Waals surface area contributed by atoms with Crippen LogP contribution in [0.2, 0.25) is 4.34 Å². The van der Waals surface area contributed by atoms with Crippen molar-refractivity contribution in [2.45, 2.75) is 26.2 Å². The van der Waals surface area contributed by atoms with E-state index in [9.17, 15) is 0 Å². The van der Waals surface area contributed by atoms with Gasteiger partial charge in [0.1, 0.15) is 5.52 Å². The summed E-state index contributed by atoms with van der Waals surface area (Å²) in [5, 5.41) is 11.1. The monoisotopic (exact) mass is 539 g/mol. The van der Waals surface area contributed by atoms with Crippen LogP contribution in [0.4, 0.5) is 0 Å². The molecule has 190 valence electrons. The van der Waals surface area contributed by atoms with Crippen LogP contribution < -0.4 is 5.32 Å². The van der Waals surface area contributed by atoms with Gasteiger partial charge in [0.2, 0.25) is 0 Å². The smallest absolute Gasteiger partial charge is 0.178 e. The minimum atomic E-state index is 0.533. The van der Waals surface area contributed by atoms with Crippen molar-refractivity contribution in [2.24, 2.45) is 5.92 Å². The van der Waals surface area contributed by atoms with E-state index >= 15 is 0 Å². The number of nitrogens with one attached hydrogen (secondary N) is 3. The van der Waals surface area contributed by atoms with Crippen LogP contribution in [0.15, 0.2) is 79.3 Å². The second-order valence-corrected chi connectivity index (χ2v) is 11.0. The zero-order valence-corrected chi connectivity index (χ0v) is 22.5. The number of halogens is 1. The molecule has 0 unspecified atom stereocenters. The normalized spacial score (nSPS) is 14.7. The first kappa shape index (κ1) is 24.3. The fraction of sp³-hybridized carbons (Fsp3) is 0.172. The van der Waals surface area contributed by atoms with E-state index in [-0.39, 0.29) is 0 Å². The molecular weight excluding hydrogens is 514 g/mol. The van der Waals surface area contributed by atoms with Crippen LogP contribution in [0.3, 0.4) is 0 Å². The first-order valence-electron chi connectivity index (χ1n) is 12.5. The Morgan fingerprint density at radius 3 is 2.76 bits per heavy atom. The van der Waals surface area contributed by atoms with Crippen molar-refractivity contribution in [2.75, 3.05) is 0 Å².